The van der Waals surface area contributed by atoms with Gasteiger partial charge in [-0.25, -0.2) is 0 Å². The lowest BCUT2D eigenvalue weighted by Crippen LogP contribution is -3.00. The minimum atomic E-state index is 0. The van der Waals surface area contributed by atoms with E-state index in [0.29, 0.717) is 0 Å². The number of fused-ring (bicyclic) bond motifs is 1. The zero-order valence-electron chi connectivity index (χ0n) is 5.17. The Bertz CT molecular complexity index is 255. The van der Waals surface area contributed by atoms with Crippen LogP contribution in [0, 0.1) is 5.41 Å². The maximum atomic E-state index is 3.08. The summed E-state index contributed by atoms with van der Waals surface area (Å²) in [6.45, 7) is 0. The minimum absolute atomic E-state index is 0. The average Bonchev–Trinajstić information content (AvgIpc) is 2.33. The first-order valence-electron chi connectivity index (χ1n) is 2.81. The van der Waals surface area contributed by atoms with Crippen LogP contribution in [-0.2, 0) is 0 Å². The van der Waals surface area contributed by atoms with Gasteiger partial charge in [-0.05, 0) is 12.1 Å². The van der Waals surface area contributed by atoms with Crippen molar-refractivity contribution >= 4 is 17.8 Å². The molecule has 0 amide bonds. The second-order valence-electron chi connectivity index (χ2n) is 1.90. The molecule has 1 aliphatic rings. The van der Waals surface area contributed by atoms with Gasteiger partial charge in [0.15, 0.2) is 6.08 Å². The quantitative estimate of drug-likeness (QED) is 0.450. The lowest BCUT2D eigenvalue weighted by atomic mass is 10.2. The third kappa shape index (κ3) is 1.34. The van der Waals surface area contributed by atoms with Gasteiger partial charge in [0.1, 0.15) is 15.9 Å². The van der Waals surface area contributed by atoms with Crippen LogP contribution in [0.25, 0.3) is 6.08 Å². The number of thioether (sulfide) groups is 1. The van der Waals surface area contributed by atoms with Gasteiger partial charge in [-0.2, -0.15) is 0 Å². The Kier molecular flexibility index (Phi) is 2.72. The molecule has 0 unspecified atom stereocenters. The molecule has 0 saturated heterocycles. The monoisotopic (exact) mass is 260 g/mol. The zero-order valence-corrected chi connectivity index (χ0v) is 8.15. The summed E-state index contributed by atoms with van der Waals surface area (Å²) in [5, 5.41) is 3.08. The van der Waals surface area contributed by atoms with E-state index < -0.39 is 0 Å². The number of rotatable bonds is 0. The van der Waals surface area contributed by atoms with E-state index in [2.05, 4.69) is 17.5 Å². The van der Waals surface area contributed by atoms with Gasteiger partial charge in [0.2, 0.25) is 0 Å². The number of hydrogen-bond donors (Lipinski definition) is 0. The molecule has 0 nitrogen and oxygen atoms in total. The smallest absolute Gasteiger partial charge is 0.177 e. The fourth-order valence-electron chi connectivity index (χ4n) is 0.849. The van der Waals surface area contributed by atoms with E-state index in [4.69, 9.17) is 0 Å². The predicted octanol–water partition coefficient (Wildman–Crippen LogP) is -0.430. The largest absolute Gasteiger partial charge is 1.00 e. The van der Waals surface area contributed by atoms with Crippen molar-refractivity contribution in [3.8, 4) is 0 Å². The molecule has 0 aromatic heterocycles. The van der Waals surface area contributed by atoms with Crippen molar-refractivity contribution in [2.45, 2.75) is 4.90 Å². The Morgan fingerprint density at radius 1 is 1.20 bits per heavy atom. The number of hydrogen-bond acceptors (Lipinski definition) is 1. The molecule has 0 spiro atoms. The van der Waals surface area contributed by atoms with Crippen LogP contribution in [0.5, 0.6) is 0 Å². The van der Waals surface area contributed by atoms with E-state index in [-0.39, 0.29) is 24.0 Å². The van der Waals surface area contributed by atoms with Crippen molar-refractivity contribution in [2.75, 3.05) is 0 Å². The Hall–Kier alpha value is -0.0500. The highest BCUT2D eigenvalue weighted by molar-refractivity contribution is 8.01. The van der Waals surface area contributed by atoms with Crippen LogP contribution in [-0.4, -0.2) is 0 Å². The lowest BCUT2D eigenvalue weighted by molar-refractivity contribution is -0.00000167. The van der Waals surface area contributed by atoms with E-state index in [1.165, 1.54) is 10.5 Å². The summed E-state index contributed by atoms with van der Waals surface area (Å²) in [4.78, 5) is 1.32. The minimum Gasteiger partial charge on any atom is -1.00 e. The van der Waals surface area contributed by atoms with Crippen LogP contribution in [0.1, 0.15) is 5.56 Å². The fourth-order valence-corrected chi connectivity index (χ4v) is 1.55. The molecule has 0 saturated carbocycles. The maximum absolute atomic E-state index is 3.08. The molecule has 1 aliphatic heterocycles. The van der Waals surface area contributed by atoms with Gasteiger partial charge in [-0.3, -0.25) is 0 Å². The maximum Gasteiger partial charge on any atom is 0.177 e. The van der Waals surface area contributed by atoms with E-state index in [1.807, 2.05) is 18.2 Å². The molecular formula is C8H5IS. The summed E-state index contributed by atoms with van der Waals surface area (Å²) in [5.41, 5.74) is 1.29. The van der Waals surface area contributed by atoms with E-state index in [9.17, 15) is 0 Å². The van der Waals surface area contributed by atoms with Crippen molar-refractivity contribution in [1.29, 1.82) is 0 Å². The van der Waals surface area contributed by atoms with E-state index in [1.54, 1.807) is 11.8 Å². The fraction of sp³-hybridized carbons (Fsp3) is 0. The van der Waals surface area contributed by atoms with Gasteiger partial charge < -0.3 is 24.0 Å². The summed E-state index contributed by atoms with van der Waals surface area (Å²) in [6.07, 6.45) is 2.01. The van der Waals surface area contributed by atoms with Crippen LogP contribution in [0.4, 0.5) is 0 Å². The number of benzene rings is 1. The predicted molar refractivity (Wildman–Crippen MR) is 40.0 cm³/mol. The second kappa shape index (κ2) is 3.37. The molecule has 0 N–H and O–H groups in total. The highest BCUT2D eigenvalue weighted by Gasteiger charge is 2.15. The summed E-state index contributed by atoms with van der Waals surface area (Å²) in [5.74, 6) is 0. The van der Waals surface area contributed by atoms with Crippen LogP contribution in [0.3, 0.4) is 0 Å². The van der Waals surface area contributed by atoms with Crippen LogP contribution < -0.4 is 24.0 Å². The highest BCUT2D eigenvalue weighted by Crippen LogP contribution is 2.30. The van der Waals surface area contributed by atoms with Gasteiger partial charge in [-0.1, -0.05) is 6.07 Å². The molecule has 0 fully saturated rings. The lowest BCUT2D eigenvalue weighted by Gasteiger charge is -1.81. The standard InChI is InChI=1S/C8H5S.HI/c1-2-4-8-7(3-1)5-6-9-8;/h1-5H;1H/q+1;/p-1. The van der Waals surface area contributed by atoms with Crippen molar-refractivity contribution in [2.24, 2.45) is 0 Å². The van der Waals surface area contributed by atoms with Gasteiger partial charge in [0.25, 0.3) is 0 Å². The summed E-state index contributed by atoms with van der Waals surface area (Å²) in [6, 6.07) is 8.30. The SMILES string of the molecule is [C+]1=Cc2ccccc2S1.[I-]. The van der Waals surface area contributed by atoms with Gasteiger partial charge >= 0.3 is 0 Å². The molecule has 0 atom stereocenters. The van der Waals surface area contributed by atoms with E-state index in [0.717, 1.165) is 0 Å². The molecule has 10 heavy (non-hydrogen) atoms. The summed E-state index contributed by atoms with van der Waals surface area (Å²) >= 11 is 1.66. The molecule has 0 bridgehead atoms. The summed E-state index contributed by atoms with van der Waals surface area (Å²) in [7, 11) is 0. The third-order valence-corrected chi connectivity index (χ3v) is 2.13. The second-order valence-corrected chi connectivity index (χ2v) is 2.78. The first-order valence-corrected chi connectivity index (χ1v) is 3.63. The molecule has 1 aromatic rings. The zero-order chi connectivity index (χ0) is 6.10. The Morgan fingerprint density at radius 2 is 2.00 bits per heavy atom. The Labute approximate surface area is 81.7 Å². The Morgan fingerprint density at radius 3 is 2.80 bits per heavy atom. The van der Waals surface area contributed by atoms with Gasteiger partial charge in [-0.15, -0.1) is 0 Å². The molecule has 0 radical (unpaired) electrons. The molecule has 1 heterocycles. The van der Waals surface area contributed by atoms with Gasteiger partial charge in [0.05, 0.1) is 11.8 Å². The first kappa shape index (κ1) is 8.05. The molecular weight excluding hydrogens is 255 g/mol. The molecule has 1 aromatic carbocycles. The molecule has 2 rings (SSSR count). The third-order valence-electron chi connectivity index (χ3n) is 1.30. The van der Waals surface area contributed by atoms with Crippen molar-refractivity contribution in [3.63, 3.8) is 0 Å². The molecule has 50 valence electrons. The van der Waals surface area contributed by atoms with Gasteiger partial charge in [0, 0.05) is 6.07 Å². The van der Waals surface area contributed by atoms with Crippen LogP contribution in [0.15, 0.2) is 29.2 Å². The summed E-state index contributed by atoms with van der Waals surface area (Å²) < 4.78 is 0. The Balaban J connectivity index is 0.000000500. The van der Waals surface area contributed by atoms with Crippen LogP contribution >= 0.6 is 11.8 Å². The normalized spacial score (nSPS) is 11.6. The van der Waals surface area contributed by atoms with Crippen molar-refractivity contribution < 1.29 is 24.0 Å². The topological polar surface area (TPSA) is 0 Å². The molecule has 2 heteroatoms. The average molecular weight is 260 g/mol. The molecule has 0 aliphatic carbocycles. The number of halogens is 1. The van der Waals surface area contributed by atoms with Crippen LogP contribution in [0.2, 0.25) is 0 Å². The van der Waals surface area contributed by atoms with Crippen molar-refractivity contribution in [1.82, 2.24) is 0 Å². The highest BCUT2D eigenvalue weighted by atomic mass is 127. The van der Waals surface area contributed by atoms with E-state index >= 15 is 0 Å². The first-order chi connectivity index (χ1) is 4.47. The van der Waals surface area contributed by atoms with Crippen molar-refractivity contribution in [3.05, 3.63) is 35.2 Å².